The van der Waals surface area contributed by atoms with E-state index in [4.69, 9.17) is 11.6 Å². The Kier molecular flexibility index (Phi) is 5.41. The predicted molar refractivity (Wildman–Crippen MR) is 148 cm³/mol. The smallest absolute Gasteiger partial charge is 0.185 e. The van der Waals surface area contributed by atoms with E-state index in [1.54, 1.807) is 65.6 Å². The lowest BCUT2D eigenvalue weighted by molar-refractivity contribution is 0.0664. The number of Topliss-reactive ketones (excluding diaryl/α,β-unsaturated/α-hetero) is 3. The summed E-state index contributed by atoms with van der Waals surface area (Å²) in [5, 5.41) is 0.475. The number of hydrogen-bond acceptors (Lipinski definition) is 4. The van der Waals surface area contributed by atoms with Gasteiger partial charge in [-0.3, -0.25) is 14.4 Å². The molecule has 3 atom stereocenters. The lowest BCUT2D eigenvalue weighted by Crippen LogP contribution is -2.48. The van der Waals surface area contributed by atoms with Crippen molar-refractivity contribution in [2.45, 2.75) is 18.0 Å². The number of carbonyl (C=O) groups excluding carboxylic acids is 3. The van der Waals surface area contributed by atoms with Crippen LogP contribution in [0.1, 0.15) is 48.1 Å². The zero-order chi connectivity index (χ0) is 27.8. The number of anilines is 1. The van der Waals surface area contributed by atoms with Crippen LogP contribution in [0.15, 0.2) is 97.1 Å². The van der Waals surface area contributed by atoms with Gasteiger partial charge in [0.2, 0.25) is 0 Å². The van der Waals surface area contributed by atoms with Crippen molar-refractivity contribution in [2.75, 3.05) is 4.90 Å². The predicted octanol–water partition coefficient (Wildman–Crippen LogP) is 6.93. The molecule has 2 aliphatic heterocycles. The zero-order valence-electron chi connectivity index (χ0n) is 20.9. The molecule has 7 rings (SSSR count). The molecule has 1 aliphatic carbocycles. The maximum Gasteiger partial charge on any atom is 0.185 e. The maximum absolute atomic E-state index is 15.7. The highest BCUT2D eigenvalue weighted by molar-refractivity contribution is 6.32. The first-order valence-corrected chi connectivity index (χ1v) is 13.2. The summed E-state index contributed by atoms with van der Waals surface area (Å²) in [4.78, 5) is 45.2. The molecule has 0 amide bonds. The van der Waals surface area contributed by atoms with Crippen molar-refractivity contribution in [3.63, 3.8) is 0 Å². The Morgan fingerprint density at radius 2 is 1.48 bits per heavy atom. The molecule has 7 heteroatoms. The van der Waals surface area contributed by atoms with Crippen LogP contribution in [0.5, 0.6) is 0 Å². The van der Waals surface area contributed by atoms with Crippen LogP contribution >= 0.6 is 11.6 Å². The molecular formula is C33H20ClF2NO3. The number of carbonyl (C=O) groups is 3. The van der Waals surface area contributed by atoms with Crippen LogP contribution < -0.4 is 4.90 Å². The Morgan fingerprint density at radius 1 is 0.825 bits per heavy atom. The molecule has 40 heavy (non-hydrogen) atoms. The van der Waals surface area contributed by atoms with Gasteiger partial charge in [-0.1, -0.05) is 66.2 Å². The fourth-order valence-corrected chi connectivity index (χ4v) is 6.98. The van der Waals surface area contributed by atoms with E-state index in [0.29, 0.717) is 16.3 Å². The second-order valence-corrected chi connectivity index (χ2v) is 10.7. The fourth-order valence-electron chi connectivity index (χ4n) is 6.80. The van der Waals surface area contributed by atoms with Gasteiger partial charge >= 0.3 is 0 Å². The molecule has 4 aromatic carbocycles. The molecular weight excluding hydrogens is 532 g/mol. The van der Waals surface area contributed by atoms with E-state index >= 15 is 4.39 Å². The van der Waals surface area contributed by atoms with Gasteiger partial charge in [-0.05, 0) is 59.7 Å². The summed E-state index contributed by atoms with van der Waals surface area (Å²) in [5.41, 5.74) is 0.241. The number of fused-ring (bicyclic) bond motifs is 5. The van der Waals surface area contributed by atoms with E-state index < -0.39 is 52.4 Å². The minimum Gasteiger partial charge on any atom is -0.352 e. The fraction of sp³-hybridized carbons (Fsp3) is 0.121. The first kappa shape index (κ1) is 24.6. The number of nitrogens with zero attached hydrogens (tertiary/aromatic N) is 1. The van der Waals surface area contributed by atoms with Gasteiger partial charge in [0.05, 0.1) is 6.04 Å². The van der Waals surface area contributed by atoms with Gasteiger partial charge < -0.3 is 4.90 Å². The van der Waals surface area contributed by atoms with Crippen molar-refractivity contribution in [3.8, 4) is 0 Å². The van der Waals surface area contributed by atoms with Gasteiger partial charge in [-0.25, -0.2) is 8.78 Å². The minimum atomic E-state index is -1.82. The monoisotopic (exact) mass is 551 g/mol. The summed E-state index contributed by atoms with van der Waals surface area (Å²) in [6.45, 7) is 0. The lowest BCUT2D eigenvalue weighted by Gasteiger charge is -2.37. The Bertz CT molecular complexity index is 1750. The molecule has 4 nitrogen and oxygen atoms in total. The third-order valence-corrected chi connectivity index (χ3v) is 8.64. The van der Waals surface area contributed by atoms with E-state index in [2.05, 4.69) is 0 Å². The van der Waals surface area contributed by atoms with Crippen molar-refractivity contribution in [2.24, 2.45) is 5.41 Å². The first-order valence-electron chi connectivity index (χ1n) is 12.8. The molecule has 3 aliphatic rings. The standard InChI is InChI=1S/C33H20ClF2NO3/c34-20-12-15-26-19(17-20)11-16-27-33(31(39)22-5-1-2-6-23(22)32(33)40)28(24-7-3-4-8-25(24)36)29(37(26)27)30(38)18-9-13-21(35)14-10-18/h1-17,27-29H. The van der Waals surface area contributed by atoms with E-state index in [1.165, 1.54) is 42.5 Å². The Labute approximate surface area is 233 Å². The second-order valence-electron chi connectivity index (χ2n) is 10.3. The number of rotatable bonds is 3. The topological polar surface area (TPSA) is 54.5 Å². The molecule has 0 aromatic heterocycles. The molecule has 0 N–H and O–H groups in total. The molecule has 196 valence electrons. The van der Waals surface area contributed by atoms with Gasteiger partial charge in [0.1, 0.15) is 23.1 Å². The summed E-state index contributed by atoms with van der Waals surface area (Å²) >= 11 is 6.29. The molecule has 0 bridgehead atoms. The number of hydrogen-bond donors (Lipinski definition) is 0. The van der Waals surface area contributed by atoms with Crippen molar-refractivity contribution in [1.82, 2.24) is 0 Å². The van der Waals surface area contributed by atoms with Crippen molar-refractivity contribution < 1.29 is 23.2 Å². The number of benzene rings is 4. The summed E-state index contributed by atoms with van der Waals surface area (Å²) in [7, 11) is 0. The highest BCUT2D eigenvalue weighted by Crippen LogP contribution is 2.61. The largest absolute Gasteiger partial charge is 0.352 e. The van der Waals surface area contributed by atoms with Crippen molar-refractivity contribution >= 4 is 40.7 Å². The van der Waals surface area contributed by atoms with Gasteiger partial charge in [-0.2, -0.15) is 0 Å². The van der Waals surface area contributed by atoms with Crippen LogP contribution in [0.3, 0.4) is 0 Å². The minimum absolute atomic E-state index is 0.0933. The molecule has 3 unspecified atom stereocenters. The van der Waals surface area contributed by atoms with Crippen LogP contribution in [-0.4, -0.2) is 29.4 Å². The third kappa shape index (κ3) is 3.20. The van der Waals surface area contributed by atoms with Crippen LogP contribution in [0.4, 0.5) is 14.5 Å². The average Bonchev–Trinajstić information content (AvgIpc) is 3.39. The summed E-state index contributed by atoms with van der Waals surface area (Å²) in [5.74, 6) is -3.68. The normalized spacial score (nSPS) is 21.9. The number of ketones is 3. The second kappa shape index (κ2) is 8.80. The van der Waals surface area contributed by atoms with E-state index in [0.717, 1.165) is 0 Å². The van der Waals surface area contributed by atoms with Crippen LogP contribution in [0.25, 0.3) is 6.08 Å². The Morgan fingerprint density at radius 3 is 2.15 bits per heavy atom. The summed E-state index contributed by atoms with van der Waals surface area (Å²) in [6.07, 6.45) is 3.53. The van der Waals surface area contributed by atoms with Crippen molar-refractivity contribution in [3.05, 3.63) is 142 Å². The van der Waals surface area contributed by atoms with Gasteiger partial charge in [-0.15, -0.1) is 0 Å². The molecule has 2 heterocycles. The van der Waals surface area contributed by atoms with Gasteiger partial charge in [0.15, 0.2) is 17.3 Å². The Hall–Kier alpha value is -4.42. The average molecular weight is 552 g/mol. The van der Waals surface area contributed by atoms with Crippen LogP contribution in [0.2, 0.25) is 5.02 Å². The third-order valence-electron chi connectivity index (χ3n) is 8.40. The quantitative estimate of drug-likeness (QED) is 0.204. The molecule has 1 spiro atoms. The summed E-state index contributed by atoms with van der Waals surface area (Å²) in [6, 6.07) is 20.7. The molecule has 1 fully saturated rings. The molecule has 0 radical (unpaired) electrons. The van der Waals surface area contributed by atoms with Gasteiger partial charge in [0, 0.05) is 33.3 Å². The molecule has 0 saturated carbocycles. The lowest BCUT2D eigenvalue weighted by atomic mass is 9.64. The van der Waals surface area contributed by atoms with Crippen molar-refractivity contribution in [1.29, 1.82) is 0 Å². The number of halogens is 3. The van der Waals surface area contributed by atoms with Crippen LogP contribution in [-0.2, 0) is 0 Å². The zero-order valence-corrected chi connectivity index (χ0v) is 21.6. The van der Waals surface area contributed by atoms with Crippen LogP contribution in [0, 0.1) is 17.0 Å². The Balaban J connectivity index is 1.56. The van der Waals surface area contributed by atoms with E-state index in [-0.39, 0.29) is 22.3 Å². The van der Waals surface area contributed by atoms with E-state index in [1.807, 2.05) is 0 Å². The molecule has 4 aromatic rings. The molecule has 1 saturated heterocycles. The first-order chi connectivity index (χ1) is 19.3. The SMILES string of the molecule is O=C(c1ccc(F)cc1)C1C(c2ccccc2F)C2(C(=O)c3ccccc3C2=O)C2C=Cc3cc(Cl)ccc3N12. The van der Waals surface area contributed by atoms with E-state index in [9.17, 15) is 18.8 Å². The highest BCUT2D eigenvalue weighted by Gasteiger charge is 2.71. The summed E-state index contributed by atoms with van der Waals surface area (Å²) < 4.78 is 29.6. The highest BCUT2D eigenvalue weighted by atomic mass is 35.5. The maximum atomic E-state index is 15.7. The van der Waals surface area contributed by atoms with Gasteiger partial charge in [0.25, 0.3) is 0 Å².